The number of terminal acetylenes is 1. The number of anilines is 1. The summed E-state index contributed by atoms with van der Waals surface area (Å²) in [6.45, 7) is 0. The maximum Gasteiger partial charge on any atom is 0.262 e. The molecule has 5 heteroatoms. The van der Waals surface area contributed by atoms with E-state index in [9.17, 15) is 9.59 Å². The Labute approximate surface area is 221 Å². The predicted molar refractivity (Wildman–Crippen MR) is 147 cm³/mol. The lowest BCUT2D eigenvalue weighted by Gasteiger charge is -2.41. The van der Waals surface area contributed by atoms with Gasteiger partial charge >= 0.3 is 0 Å². The van der Waals surface area contributed by atoms with E-state index in [2.05, 4.69) is 11.2 Å². The molecule has 0 aromatic heterocycles. The van der Waals surface area contributed by atoms with Crippen molar-refractivity contribution in [2.75, 3.05) is 5.32 Å². The Morgan fingerprint density at radius 2 is 1.42 bits per heavy atom. The Kier molecular flexibility index (Phi) is 7.06. The van der Waals surface area contributed by atoms with E-state index in [1.54, 1.807) is 24.3 Å². The zero-order valence-corrected chi connectivity index (χ0v) is 20.5. The van der Waals surface area contributed by atoms with Crippen LogP contribution in [0.2, 0.25) is 0 Å². The Morgan fingerprint density at radius 1 is 0.842 bits per heavy atom. The topological polar surface area (TPSA) is 64.6 Å². The minimum Gasteiger partial charge on any atom is -0.487 e. The first-order chi connectivity index (χ1) is 18.6. The quantitative estimate of drug-likeness (QED) is 0.230. The van der Waals surface area contributed by atoms with Crippen molar-refractivity contribution >= 4 is 17.4 Å². The summed E-state index contributed by atoms with van der Waals surface area (Å²) in [5.74, 6) is 2.29. The maximum atomic E-state index is 14.0. The molecule has 2 atom stereocenters. The van der Waals surface area contributed by atoms with Crippen LogP contribution in [0.4, 0.5) is 5.69 Å². The monoisotopic (exact) mass is 499 g/mol. The van der Waals surface area contributed by atoms with Gasteiger partial charge in [-0.25, -0.2) is 0 Å². The first-order valence-electron chi connectivity index (χ1n) is 12.2. The number of ketones is 1. The molecule has 0 radical (unpaired) electrons. The standard InChI is InChI=1S/C33H25NO4/c1-2-22-33(25-14-8-4-9-15-25)30(24-12-6-3-7-13-24)31(35)29(23-37-33)32(36)34-26-18-20-28(21-19-26)38-27-16-10-5-11-17-27/h1,3-21,23,30H,22H2,(H,34,36). The van der Waals surface area contributed by atoms with Crippen molar-refractivity contribution in [2.24, 2.45) is 0 Å². The Bertz CT molecular complexity index is 1490. The van der Waals surface area contributed by atoms with Crippen molar-refractivity contribution in [3.63, 3.8) is 0 Å². The van der Waals surface area contributed by atoms with Crippen LogP contribution in [0.25, 0.3) is 0 Å². The number of amides is 1. The van der Waals surface area contributed by atoms with Gasteiger partial charge in [0.2, 0.25) is 0 Å². The number of ether oxygens (including phenoxy) is 2. The van der Waals surface area contributed by atoms with E-state index in [-0.39, 0.29) is 17.8 Å². The molecule has 1 amide bonds. The third-order valence-corrected chi connectivity index (χ3v) is 6.48. The van der Waals surface area contributed by atoms with Crippen molar-refractivity contribution in [1.82, 2.24) is 0 Å². The molecular formula is C33H25NO4. The molecule has 1 aliphatic heterocycles. The van der Waals surface area contributed by atoms with Crippen LogP contribution in [0.3, 0.4) is 0 Å². The summed E-state index contributed by atoms with van der Waals surface area (Å²) in [6.07, 6.45) is 7.17. The van der Waals surface area contributed by atoms with Crippen molar-refractivity contribution in [1.29, 1.82) is 0 Å². The second kappa shape index (κ2) is 10.9. The lowest BCUT2D eigenvalue weighted by Crippen LogP contribution is -2.44. The second-order valence-electron chi connectivity index (χ2n) is 8.89. The molecule has 1 aliphatic rings. The molecule has 0 bridgehead atoms. The fourth-order valence-electron chi connectivity index (χ4n) is 4.67. The molecule has 0 saturated carbocycles. The van der Waals surface area contributed by atoms with Gasteiger partial charge in [-0.3, -0.25) is 9.59 Å². The number of hydrogen-bond acceptors (Lipinski definition) is 4. The fraction of sp³-hybridized carbons (Fsp3) is 0.0909. The van der Waals surface area contributed by atoms with Crippen LogP contribution in [-0.4, -0.2) is 11.7 Å². The van der Waals surface area contributed by atoms with E-state index in [4.69, 9.17) is 15.9 Å². The Hall–Kier alpha value is -5.08. The number of rotatable bonds is 7. The highest BCUT2D eigenvalue weighted by molar-refractivity contribution is 6.25. The van der Waals surface area contributed by atoms with Crippen LogP contribution in [0, 0.1) is 12.3 Å². The smallest absolute Gasteiger partial charge is 0.262 e. The summed E-state index contributed by atoms with van der Waals surface area (Å²) in [5.41, 5.74) is 0.785. The van der Waals surface area contributed by atoms with Gasteiger partial charge in [-0.2, -0.15) is 0 Å². The van der Waals surface area contributed by atoms with Crippen molar-refractivity contribution in [3.05, 3.63) is 138 Å². The highest BCUT2D eigenvalue weighted by Crippen LogP contribution is 2.47. The molecule has 1 N–H and O–H groups in total. The molecule has 0 fully saturated rings. The summed E-state index contributed by atoms with van der Waals surface area (Å²) in [6, 6.07) is 35.0. The molecule has 0 saturated heterocycles. The highest BCUT2D eigenvalue weighted by atomic mass is 16.5. The fourth-order valence-corrected chi connectivity index (χ4v) is 4.67. The number of para-hydroxylation sites is 1. The van der Waals surface area contributed by atoms with Crippen LogP contribution in [0.1, 0.15) is 23.5 Å². The Morgan fingerprint density at radius 3 is 2.05 bits per heavy atom. The lowest BCUT2D eigenvalue weighted by atomic mass is 9.70. The van der Waals surface area contributed by atoms with Gasteiger partial charge in [-0.05, 0) is 47.5 Å². The van der Waals surface area contributed by atoms with Crippen molar-refractivity contribution in [2.45, 2.75) is 17.9 Å². The number of benzene rings is 4. The number of carbonyl (C=O) groups is 2. The number of nitrogens with one attached hydrogen (secondary N) is 1. The molecule has 4 aromatic rings. The molecule has 5 nitrogen and oxygen atoms in total. The molecule has 1 heterocycles. The van der Waals surface area contributed by atoms with E-state index in [1.807, 2.05) is 91.0 Å². The first kappa shape index (κ1) is 24.6. The van der Waals surface area contributed by atoms with Crippen LogP contribution in [0.15, 0.2) is 127 Å². The molecule has 38 heavy (non-hydrogen) atoms. The van der Waals surface area contributed by atoms with E-state index in [0.717, 1.165) is 11.1 Å². The minimum absolute atomic E-state index is 0.0768. The number of carbonyl (C=O) groups excluding carboxylic acids is 2. The lowest BCUT2D eigenvalue weighted by molar-refractivity contribution is -0.130. The molecule has 0 spiro atoms. The van der Waals surface area contributed by atoms with Crippen LogP contribution < -0.4 is 10.1 Å². The van der Waals surface area contributed by atoms with Gasteiger partial charge in [0.1, 0.15) is 23.3 Å². The van der Waals surface area contributed by atoms with Gasteiger partial charge in [-0.15, -0.1) is 12.3 Å². The van der Waals surface area contributed by atoms with Gasteiger partial charge in [0.05, 0.1) is 12.3 Å². The summed E-state index contributed by atoms with van der Waals surface area (Å²) >= 11 is 0. The first-order valence-corrected chi connectivity index (χ1v) is 12.2. The van der Waals surface area contributed by atoms with E-state index in [1.165, 1.54) is 6.26 Å². The van der Waals surface area contributed by atoms with Crippen molar-refractivity contribution < 1.29 is 19.1 Å². The average Bonchev–Trinajstić information content (AvgIpc) is 2.96. The number of hydrogen-bond donors (Lipinski definition) is 1. The summed E-state index contributed by atoms with van der Waals surface area (Å²) < 4.78 is 12.1. The molecule has 186 valence electrons. The second-order valence-corrected chi connectivity index (χ2v) is 8.89. The average molecular weight is 500 g/mol. The number of Topliss-reactive ketones (excluding diaryl/α,β-unsaturated/α-hetero) is 1. The zero-order chi connectivity index (χ0) is 26.4. The molecule has 0 aliphatic carbocycles. The largest absolute Gasteiger partial charge is 0.487 e. The van der Waals surface area contributed by atoms with Crippen LogP contribution in [0.5, 0.6) is 11.5 Å². The van der Waals surface area contributed by atoms with Gasteiger partial charge in [0, 0.05) is 5.69 Å². The van der Waals surface area contributed by atoms with Crippen LogP contribution in [-0.2, 0) is 19.9 Å². The molecule has 5 rings (SSSR count). The van der Waals surface area contributed by atoms with Crippen molar-refractivity contribution in [3.8, 4) is 23.8 Å². The van der Waals surface area contributed by atoms with Gasteiger partial charge in [0.25, 0.3) is 5.91 Å². The normalized spacial score (nSPS) is 18.4. The molecular weight excluding hydrogens is 474 g/mol. The summed E-state index contributed by atoms with van der Waals surface area (Å²) in [5, 5.41) is 2.80. The molecule has 2 unspecified atom stereocenters. The van der Waals surface area contributed by atoms with Crippen LogP contribution >= 0.6 is 0 Å². The van der Waals surface area contributed by atoms with E-state index >= 15 is 0 Å². The van der Waals surface area contributed by atoms with Gasteiger partial charge < -0.3 is 14.8 Å². The predicted octanol–water partition coefficient (Wildman–Crippen LogP) is 6.60. The van der Waals surface area contributed by atoms with E-state index < -0.39 is 17.4 Å². The SMILES string of the molecule is C#CCC1(c2ccccc2)OC=C(C(=O)Nc2ccc(Oc3ccccc3)cc2)C(=O)C1c1ccccc1. The maximum absolute atomic E-state index is 14.0. The third-order valence-electron chi connectivity index (χ3n) is 6.48. The summed E-state index contributed by atoms with van der Waals surface area (Å²) in [4.78, 5) is 27.3. The van der Waals surface area contributed by atoms with Gasteiger partial charge in [0.15, 0.2) is 11.4 Å². The van der Waals surface area contributed by atoms with Gasteiger partial charge in [-0.1, -0.05) is 78.9 Å². The third kappa shape index (κ3) is 4.93. The highest BCUT2D eigenvalue weighted by Gasteiger charge is 2.51. The zero-order valence-electron chi connectivity index (χ0n) is 20.5. The molecule has 4 aromatic carbocycles. The van der Waals surface area contributed by atoms with E-state index in [0.29, 0.717) is 17.2 Å². The minimum atomic E-state index is -1.14. The summed E-state index contributed by atoms with van der Waals surface area (Å²) in [7, 11) is 0. The Balaban J connectivity index is 1.43.